The van der Waals surface area contributed by atoms with Gasteiger partial charge in [0.2, 0.25) is 0 Å². The third-order valence-corrected chi connectivity index (χ3v) is 3.80. The minimum atomic E-state index is -4.27. The van der Waals surface area contributed by atoms with E-state index in [4.69, 9.17) is 0 Å². The van der Waals surface area contributed by atoms with Crippen molar-refractivity contribution < 1.29 is 14.4 Å². The quantitative estimate of drug-likeness (QED) is 0.825. The monoisotopic (exact) mass is 277 g/mol. The molecule has 0 bridgehead atoms. The zero-order valence-electron chi connectivity index (χ0n) is 10.4. The molecule has 0 atom stereocenters. The molecule has 2 aromatic rings. The fourth-order valence-corrected chi connectivity index (χ4v) is 2.52. The molecular formula is C14H16NO3P. The van der Waals surface area contributed by atoms with Crippen LogP contribution in [-0.4, -0.2) is 14.5 Å². The van der Waals surface area contributed by atoms with Crippen molar-refractivity contribution >= 4 is 7.75 Å². The summed E-state index contributed by atoms with van der Waals surface area (Å²) in [5.41, 5.74) is 1.75. The predicted octanol–water partition coefficient (Wildman–Crippen LogP) is 2.78. The molecule has 2 rings (SSSR count). The van der Waals surface area contributed by atoms with Gasteiger partial charge in [0.15, 0.2) is 0 Å². The van der Waals surface area contributed by atoms with Gasteiger partial charge in [-0.15, -0.1) is 0 Å². The third kappa shape index (κ3) is 4.30. The van der Waals surface area contributed by atoms with Crippen LogP contribution in [0.1, 0.15) is 11.1 Å². The van der Waals surface area contributed by atoms with Crippen LogP contribution >= 0.6 is 7.75 Å². The highest BCUT2D eigenvalue weighted by Gasteiger charge is 2.25. The first-order valence-corrected chi connectivity index (χ1v) is 7.51. The van der Waals surface area contributed by atoms with E-state index in [0.29, 0.717) is 0 Å². The number of hydrogen-bond acceptors (Lipinski definition) is 1. The van der Waals surface area contributed by atoms with E-state index in [2.05, 4.69) is 0 Å². The number of hydrogen-bond donors (Lipinski definition) is 2. The summed E-state index contributed by atoms with van der Waals surface area (Å²) in [4.78, 5) is 18.9. The number of benzene rings is 2. The van der Waals surface area contributed by atoms with E-state index in [1.807, 2.05) is 60.7 Å². The van der Waals surface area contributed by atoms with Crippen LogP contribution in [0.25, 0.3) is 0 Å². The average molecular weight is 277 g/mol. The van der Waals surface area contributed by atoms with E-state index in [0.717, 1.165) is 11.1 Å². The lowest BCUT2D eigenvalue weighted by molar-refractivity contribution is 0.260. The van der Waals surface area contributed by atoms with Crippen LogP contribution in [0, 0.1) is 0 Å². The van der Waals surface area contributed by atoms with Crippen LogP contribution < -0.4 is 0 Å². The fraction of sp³-hybridized carbons (Fsp3) is 0.143. The lowest BCUT2D eigenvalue weighted by Gasteiger charge is -2.23. The van der Waals surface area contributed by atoms with E-state index < -0.39 is 7.75 Å². The molecule has 0 aromatic heterocycles. The van der Waals surface area contributed by atoms with Gasteiger partial charge in [-0.2, -0.15) is 0 Å². The molecule has 0 radical (unpaired) electrons. The van der Waals surface area contributed by atoms with Gasteiger partial charge in [-0.05, 0) is 11.1 Å². The summed E-state index contributed by atoms with van der Waals surface area (Å²) in [6.45, 7) is 0.444. The van der Waals surface area contributed by atoms with Gasteiger partial charge < -0.3 is 9.79 Å². The standard InChI is InChI=1S/C14H16NO3P/c16-19(17,18)15(11-13-7-3-1-4-8-13)12-14-9-5-2-6-10-14/h1-10H,11-12H2,(H2,16,17,18). The summed E-state index contributed by atoms with van der Waals surface area (Å²) in [6.07, 6.45) is 0. The molecule has 0 aliphatic heterocycles. The van der Waals surface area contributed by atoms with Crippen LogP contribution in [0.3, 0.4) is 0 Å². The predicted molar refractivity (Wildman–Crippen MR) is 74.2 cm³/mol. The van der Waals surface area contributed by atoms with Crippen molar-refractivity contribution in [2.24, 2.45) is 0 Å². The molecular weight excluding hydrogens is 261 g/mol. The van der Waals surface area contributed by atoms with Crippen molar-refractivity contribution in [3.05, 3.63) is 71.8 Å². The highest BCUT2D eigenvalue weighted by atomic mass is 31.2. The molecule has 0 aliphatic carbocycles. The maximum absolute atomic E-state index is 11.6. The second-order valence-electron chi connectivity index (χ2n) is 4.31. The van der Waals surface area contributed by atoms with E-state index in [1.165, 1.54) is 4.67 Å². The molecule has 2 aromatic carbocycles. The summed E-state index contributed by atoms with van der Waals surface area (Å²) in [5.74, 6) is 0. The van der Waals surface area contributed by atoms with Crippen molar-refractivity contribution in [3.8, 4) is 0 Å². The van der Waals surface area contributed by atoms with E-state index in [1.54, 1.807) is 0 Å². The molecule has 19 heavy (non-hydrogen) atoms. The summed E-state index contributed by atoms with van der Waals surface area (Å²) < 4.78 is 12.7. The molecule has 0 amide bonds. The topological polar surface area (TPSA) is 60.8 Å². The first-order valence-electron chi connectivity index (χ1n) is 5.94. The normalized spacial score (nSPS) is 11.7. The SMILES string of the molecule is O=P(O)(O)N(Cc1ccccc1)Cc1ccccc1. The Hall–Kier alpha value is -1.45. The van der Waals surface area contributed by atoms with Crippen LogP contribution in [0.15, 0.2) is 60.7 Å². The van der Waals surface area contributed by atoms with Crippen LogP contribution in [-0.2, 0) is 17.7 Å². The zero-order valence-corrected chi connectivity index (χ0v) is 11.3. The first-order chi connectivity index (χ1) is 9.05. The Morgan fingerprint density at radius 1 is 0.789 bits per heavy atom. The Morgan fingerprint density at radius 3 is 1.47 bits per heavy atom. The molecule has 4 nitrogen and oxygen atoms in total. The highest BCUT2D eigenvalue weighted by Crippen LogP contribution is 2.42. The van der Waals surface area contributed by atoms with Crippen LogP contribution in [0.2, 0.25) is 0 Å². The van der Waals surface area contributed by atoms with Crippen molar-refractivity contribution in [1.29, 1.82) is 0 Å². The Kier molecular flexibility index (Phi) is 4.51. The molecule has 0 spiro atoms. The first kappa shape index (κ1) is 14.0. The summed E-state index contributed by atoms with van der Waals surface area (Å²) in [7, 11) is -4.27. The largest absolute Gasteiger partial charge is 0.403 e. The molecule has 0 unspecified atom stereocenters. The maximum Gasteiger partial charge on any atom is 0.403 e. The van der Waals surface area contributed by atoms with Gasteiger partial charge in [0, 0.05) is 13.1 Å². The average Bonchev–Trinajstić information content (AvgIpc) is 2.39. The van der Waals surface area contributed by atoms with Crippen molar-refractivity contribution in [2.75, 3.05) is 0 Å². The Balaban J connectivity index is 2.16. The number of rotatable bonds is 5. The van der Waals surface area contributed by atoms with Gasteiger partial charge >= 0.3 is 7.75 Å². The van der Waals surface area contributed by atoms with Crippen molar-refractivity contribution in [1.82, 2.24) is 4.67 Å². The summed E-state index contributed by atoms with van der Waals surface area (Å²) in [6, 6.07) is 18.6. The van der Waals surface area contributed by atoms with E-state index in [-0.39, 0.29) is 13.1 Å². The minimum Gasteiger partial charge on any atom is -0.312 e. The minimum absolute atomic E-state index is 0.222. The summed E-state index contributed by atoms with van der Waals surface area (Å²) in [5, 5.41) is 0. The van der Waals surface area contributed by atoms with Crippen LogP contribution in [0.5, 0.6) is 0 Å². The third-order valence-electron chi connectivity index (χ3n) is 2.78. The Bertz CT molecular complexity index is 512. The van der Waals surface area contributed by atoms with Gasteiger partial charge in [-0.25, -0.2) is 9.24 Å². The van der Waals surface area contributed by atoms with E-state index in [9.17, 15) is 14.4 Å². The van der Waals surface area contributed by atoms with Gasteiger partial charge in [-0.3, -0.25) is 0 Å². The fourth-order valence-electron chi connectivity index (χ4n) is 1.83. The van der Waals surface area contributed by atoms with Gasteiger partial charge in [-0.1, -0.05) is 60.7 Å². The Labute approximate surface area is 112 Å². The second kappa shape index (κ2) is 6.13. The molecule has 0 saturated carbocycles. The molecule has 0 aliphatic rings. The van der Waals surface area contributed by atoms with Crippen molar-refractivity contribution in [2.45, 2.75) is 13.1 Å². The molecule has 2 N–H and O–H groups in total. The smallest absolute Gasteiger partial charge is 0.312 e. The molecule has 100 valence electrons. The van der Waals surface area contributed by atoms with Crippen LogP contribution in [0.4, 0.5) is 0 Å². The number of nitrogens with zero attached hydrogens (tertiary/aromatic N) is 1. The molecule has 0 saturated heterocycles. The lowest BCUT2D eigenvalue weighted by atomic mass is 10.2. The van der Waals surface area contributed by atoms with Gasteiger partial charge in [0.1, 0.15) is 0 Å². The maximum atomic E-state index is 11.6. The second-order valence-corrected chi connectivity index (χ2v) is 5.90. The Morgan fingerprint density at radius 2 is 1.16 bits per heavy atom. The van der Waals surface area contributed by atoms with Gasteiger partial charge in [0.25, 0.3) is 0 Å². The zero-order chi connectivity index (χ0) is 13.7. The van der Waals surface area contributed by atoms with Crippen molar-refractivity contribution in [3.63, 3.8) is 0 Å². The molecule has 0 heterocycles. The molecule has 0 fully saturated rings. The molecule has 5 heteroatoms. The lowest BCUT2D eigenvalue weighted by Crippen LogP contribution is -2.19. The summed E-state index contributed by atoms with van der Waals surface area (Å²) >= 11 is 0. The highest BCUT2D eigenvalue weighted by molar-refractivity contribution is 7.49. The van der Waals surface area contributed by atoms with Gasteiger partial charge in [0.05, 0.1) is 0 Å². The van der Waals surface area contributed by atoms with E-state index >= 15 is 0 Å².